The van der Waals surface area contributed by atoms with Crippen LogP contribution in [-0.2, 0) is 11.3 Å². The molecule has 4 rings (SSSR count). The fourth-order valence-corrected chi connectivity index (χ4v) is 4.32. The largest absolute Gasteiger partial charge is 0.497 e. The molecule has 1 aromatic carbocycles. The summed E-state index contributed by atoms with van der Waals surface area (Å²) in [5, 5.41) is 4.15. The van der Waals surface area contributed by atoms with E-state index in [1.165, 1.54) is 22.1 Å². The number of rotatable bonds is 4. The van der Waals surface area contributed by atoms with Gasteiger partial charge in [-0.2, -0.15) is 9.78 Å². The number of carbonyl (C=O) groups excluding carboxylic acids is 2. The first-order valence-corrected chi connectivity index (χ1v) is 9.88. The maximum absolute atomic E-state index is 12.8. The first-order chi connectivity index (χ1) is 13.9. The number of anilines is 1. The van der Waals surface area contributed by atoms with Crippen LogP contribution in [0.5, 0.6) is 5.75 Å². The predicted molar refractivity (Wildman–Crippen MR) is 109 cm³/mol. The fraction of sp³-hybridized carbons (Fsp3) is 0.476. The summed E-state index contributed by atoms with van der Waals surface area (Å²) in [6.07, 6.45) is 3.17. The van der Waals surface area contributed by atoms with E-state index in [1.54, 1.807) is 26.6 Å². The Kier molecular flexibility index (Phi) is 5.27. The minimum absolute atomic E-state index is 0.0937. The molecule has 29 heavy (non-hydrogen) atoms. The van der Waals surface area contributed by atoms with Crippen LogP contribution >= 0.6 is 0 Å². The molecule has 1 aromatic heterocycles. The molecule has 2 aliphatic heterocycles. The number of hydrogen-bond donors (Lipinski definition) is 0. The highest BCUT2D eigenvalue weighted by Crippen LogP contribution is 2.32. The highest BCUT2D eigenvalue weighted by atomic mass is 16.5. The third-order valence-electron chi connectivity index (χ3n) is 6.00. The van der Waals surface area contributed by atoms with Gasteiger partial charge in [0.25, 0.3) is 0 Å². The summed E-state index contributed by atoms with van der Waals surface area (Å²) < 4.78 is 6.65. The Morgan fingerprint density at radius 1 is 1.21 bits per heavy atom. The van der Waals surface area contributed by atoms with Crippen LogP contribution in [0.2, 0.25) is 0 Å². The van der Waals surface area contributed by atoms with E-state index < -0.39 is 0 Å². The van der Waals surface area contributed by atoms with Crippen molar-refractivity contribution in [2.45, 2.75) is 13.5 Å². The van der Waals surface area contributed by atoms with Gasteiger partial charge in [-0.1, -0.05) is 12.1 Å². The van der Waals surface area contributed by atoms with E-state index in [0.29, 0.717) is 17.5 Å². The van der Waals surface area contributed by atoms with Crippen LogP contribution in [0.3, 0.4) is 0 Å². The summed E-state index contributed by atoms with van der Waals surface area (Å²) in [6.45, 7) is 5.86. The van der Waals surface area contributed by atoms with Crippen LogP contribution in [0, 0.1) is 11.8 Å². The monoisotopic (exact) mass is 397 g/mol. The van der Waals surface area contributed by atoms with Gasteiger partial charge in [0.05, 0.1) is 25.2 Å². The Morgan fingerprint density at radius 2 is 1.93 bits per heavy atom. The Bertz CT molecular complexity index is 897. The number of amides is 2. The number of methoxy groups -OCH3 is 1. The molecule has 2 aliphatic rings. The summed E-state index contributed by atoms with van der Waals surface area (Å²) in [5.74, 6) is 1.76. The smallest absolute Gasteiger partial charge is 0.344 e. The van der Waals surface area contributed by atoms with Crippen molar-refractivity contribution in [1.29, 1.82) is 0 Å². The number of benzene rings is 1. The molecular formula is C21H27N5O3. The van der Waals surface area contributed by atoms with E-state index in [4.69, 9.17) is 4.74 Å². The number of hydrogen-bond acceptors (Lipinski definition) is 5. The van der Waals surface area contributed by atoms with Crippen LogP contribution in [-0.4, -0.2) is 71.9 Å². The lowest BCUT2D eigenvalue weighted by atomic mass is 10.0. The van der Waals surface area contributed by atoms with Gasteiger partial charge in [-0.25, -0.2) is 4.79 Å². The van der Waals surface area contributed by atoms with Gasteiger partial charge in [0.15, 0.2) is 0 Å². The van der Waals surface area contributed by atoms with Crippen LogP contribution in [0.15, 0.2) is 36.7 Å². The van der Waals surface area contributed by atoms with Crippen molar-refractivity contribution in [3.8, 4) is 5.75 Å². The van der Waals surface area contributed by atoms with Crippen LogP contribution < -0.4 is 9.64 Å². The normalized spacial score (nSPS) is 21.3. The van der Waals surface area contributed by atoms with Crippen molar-refractivity contribution >= 4 is 17.6 Å². The molecule has 0 N–H and O–H groups in total. The molecule has 0 aliphatic carbocycles. The van der Waals surface area contributed by atoms with Gasteiger partial charge in [-0.3, -0.25) is 9.69 Å². The van der Waals surface area contributed by atoms with E-state index in [1.807, 2.05) is 17.0 Å². The molecule has 0 saturated carbocycles. The molecule has 2 fully saturated rings. The van der Waals surface area contributed by atoms with Crippen molar-refractivity contribution in [3.05, 3.63) is 42.2 Å². The molecule has 2 aromatic rings. The highest BCUT2D eigenvalue weighted by molar-refractivity contribution is 5.91. The van der Waals surface area contributed by atoms with E-state index >= 15 is 0 Å². The predicted octanol–water partition coefficient (Wildman–Crippen LogP) is 1.91. The molecule has 154 valence electrons. The highest BCUT2D eigenvalue weighted by Gasteiger charge is 2.42. The van der Waals surface area contributed by atoms with Crippen molar-refractivity contribution < 1.29 is 14.3 Å². The maximum atomic E-state index is 12.8. The van der Waals surface area contributed by atoms with E-state index in [0.717, 1.165) is 38.5 Å². The zero-order valence-corrected chi connectivity index (χ0v) is 17.1. The average Bonchev–Trinajstić information content (AvgIpc) is 3.41. The molecule has 2 atom stereocenters. The lowest BCUT2D eigenvalue weighted by Crippen LogP contribution is -2.36. The topological polar surface area (TPSA) is 70.9 Å². The molecule has 8 heteroatoms. The molecule has 0 spiro atoms. The Balaban J connectivity index is 1.34. The van der Waals surface area contributed by atoms with E-state index in [-0.39, 0.29) is 11.9 Å². The molecule has 8 nitrogen and oxygen atoms in total. The van der Waals surface area contributed by atoms with Gasteiger partial charge >= 0.3 is 6.03 Å². The summed E-state index contributed by atoms with van der Waals surface area (Å²) >= 11 is 0. The van der Waals surface area contributed by atoms with Crippen molar-refractivity contribution in [3.63, 3.8) is 0 Å². The van der Waals surface area contributed by atoms with Crippen LogP contribution in [0.25, 0.3) is 0 Å². The van der Waals surface area contributed by atoms with E-state index in [2.05, 4.69) is 22.1 Å². The van der Waals surface area contributed by atoms with Gasteiger partial charge in [0, 0.05) is 46.7 Å². The number of aromatic nitrogens is 2. The number of likely N-dealkylation sites (tertiary alicyclic amines) is 2. The molecule has 0 radical (unpaired) electrons. The third kappa shape index (κ3) is 3.98. The maximum Gasteiger partial charge on any atom is 0.344 e. The van der Waals surface area contributed by atoms with Crippen molar-refractivity contribution in [2.24, 2.45) is 11.8 Å². The molecule has 2 saturated heterocycles. The molecule has 2 amide bonds. The molecule has 2 unspecified atom stereocenters. The van der Waals surface area contributed by atoms with Crippen LogP contribution in [0.1, 0.15) is 12.5 Å². The molecular weight excluding hydrogens is 370 g/mol. The first kappa shape index (κ1) is 19.4. The third-order valence-corrected chi connectivity index (χ3v) is 6.00. The van der Waals surface area contributed by atoms with Gasteiger partial charge in [0.1, 0.15) is 5.75 Å². The van der Waals surface area contributed by atoms with Gasteiger partial charge in [-0.05, 0) is 29.5 Å². The summed E-state index contributed by atoms with van der Waals surface area (Å²) in [6, 6.07) is 8.06. The van der Waals surface area contributed by atoms with Gasteiger partial charge in [-0.15, -0.1) is 0 Å². The molecule has 0 bridgehead atoms. The molecule has 3 heterocycles. The number of carbonyl (C=O) groups is 2. The Labute approximate surface area is 170 Å². The zero-order chi connectivity index (χ0) is 20.5. The second-order valence-electron chi connectivity index (χ2n) is 7.97. The summed E-state index contributed by atoms with van der Waals surface area (Å²) in [4.78, 5) is 30.1. The minimum atomic E-state index is -0.123. The van der Waals surface area contributed by atoms with Crippen molar-refractivity contribution in [1.82, 2.24) is 19.6 Å². The average molecular weight is 397 g/mol. The lowest BCUT2D eigenvalue weighted by molar-refractivity contribution is -0.116. The minimum Gasteiger partial charge on any atom is -0.497 e. The number of ether oxygens (including phenoxy) is 1. The standard InChI is InChI=1S/C21H27N5O3/c1-15(27)23(2)19-8-22-26(14-19)21(28)25-12-17-10-24(11-18(17)13-25)9-16-5-4-6-20(7-16)29-3/h4-8,14,17-18H,9-13H2,1-3H3. The number of nitrogens with zero attached hydrogens (tertiary/aromatic N) is 5. The Morgan fingerprint density at radius 3 is 2.59 bits per heavy atom. The van der Waals surface area contributed by atoms with Gasteiger partial charge in [0.2, 0.25) is 5.91 Å². The Hall–Kier alpha value is -2.87. The van der Waals surface area contributed by atoms with E-state index in [9.17, 15) is 9.59 Å². The second kappa shape index (κ2) is 7.87. The number of fused-ring (bicyclic) bond motifs is 1. The zero-order valence-electron chi connectivity index (χ0n) is 17.1. The summed E-state index contributed by atoms with van der Waals surface area (Å²) in [7, 11) is 3.36. The lowest BCUT2D eigenvalue weighted by Gasteiger charge is -2.21. The summed E-state index contributed by atoms with van der Waals surface area (Å²) in [5.41, 5.74) is 1.87. The quantitative estimate of drug-likeness (QED) is 0.788. The first-order valence-electron chi connectivity index (χ1n) is 9.88. The second-order valence-corrected chi connectivity index (χ2v) is 7.97. The fourth-order valence-electron chi connectivity index (χ4n) is 4.32. The SMILES string of the molecule is COc1cccc(CN2CC3CN(C(=O)n4cc(N(C)C(C)=O)cn4)CC3C2)c1. The van der Waals surface area contributed by atoms with Gasteiger partial charge < -0.3 is 14.5 Å². The van der Waals surface area contributed by atoms with Crippen molar-refractivity contribution in [2.75, 3.05) is 45.2 Å². The van der Waals surface area contributed by atoms with Crippen LogP contribution in [0.4, 0.5) is 10.5 Å².